The van der Waals surface area contributed by atoms with Gasteiger partial charge in [0.15, 0.2) is 0 Å². The van der Waals surface area contributed by atoms with Crippen LogP contribution in [0.1, 0.15) is 38.1 Å². The summed E-state index contributed by atoms with van der Waals surface area (Å²) in [5.41, 5.74) is 0.344. The number of carbonyl (C=O) groups excluding carboxylic acids is 1. The van der Waals surface area contributed by atoms with Crippen molar-refractivity contribution < 1.29 is 9.53 Å². The average Bonchev–Trinajstić information content (AvgIpc) is 2.33. The maximum absolute atomic E-state index is 11.9. The van der Waals surface area contributed by atoms with E-state index < -0.39 is 5.97 Å². The highest BCUT2D eigenvalue weighted by atomic mass is 35.5. The second kappa shape index (κ2) is 7.87. The van der Waals surface area contributed by atoms with Gasteiger partial charge in [-0.25, -0.2) is 4.79 Å². The van der Waals surface area contributed by atoms with Gasteiger partial charge in [0.05, 0.1) is 10.6 Å². The number of nitrogens with zero attached hydrogens (tertiary/aromatic N) is 1. The zero-order valence-corrected chi connectivity index (χ0v) is 13.8. The quantitative estimate of drug-likeness (QED) is 0.734. The van der Waals surface area contributed by atoms with Crippen LogP contribution in [0.15, 0.2) is 18.2 Å². The summed E-state index contributed by atoms with van der Waals surface area (Å²) in [6, 6.07) is 5.56. The second-order valence-corrected chi connectivity index (χ2v) is 6.03. The third kappa shape index (κ3) is 4.97. The summed E-state index contributed by atoms with van der Waals surface area (Å²) in [7, 11) is 0. The van der Waals surface area contributed by atoms with Gasteiger partial charge in [-0.05, 0) is 45.9 Å². The monoisotopic (exact) mass is 317 g/mol. The Kier molecular flexibility index (Phi) is 6.80. The van der Waals surface area contributed by atoms with Gasteiger partial charge in [-0.3, -0.25) is 4.90 Å². The normalized spacial score (nSPS) is 11.4. The largest absolute Gasteiger partial charge is 0.461 e. The zero-order chi connectivity index (χ0) is 15.3. The molecule has 3 nitrogen and oxygen atoms in total. The maximum atomic E-state index is 11.9. The molecule has 0 heterocycles. The second-order valence-electron chi connectivity index (χ2n) is 5.19. The van der Waals surface area contributed by atoms with Crippen LogP contribution in [-0.2, 0) is 4.74 Å². The molecule has 0 atom stereocenters. The Balaban J connectivity index is 2.55. The molecule has 5 heteroatoms. The molecule has 112 valence electrons. The van der Waals surface area contributed by atoms with Crippen LogP contribution in [0.3, 0.4) is 0 Å². The fourth-order valence-electron chi connectivity index (χ4n) is 2.09. The highest BCUT2D eigenvalue weighted by Gasteiger charge is 2.16. The van der Waals surface area contributed by atoms with Crippen molar-refractivity contribution in [2.24, 2.45) is 0 Å². The summed E-state index contributed by atoms with van der Waals surface area (Å²) < 4.78 is 5.27. The number of ether oxygens (including phenoxy) is 1. The molecule has 0 aliphatic rings. The summed E-state index contributed by atoms with van der Waals surface area (Å²) in [5.74, 6) is -0.417. The first-order chi connectivity index (χ1) is 9.32. The maximum Gasteiger partial charge on any atom is 0.339 e. The smallest absolute Gasteiger partial charge is 0.339 e. The van der Waals surface area contributed by atoms with Crippen LogP contribution < -0.4 is 0 Å². The SMILES string of the molecule is CC(C)N(CCOC(=O)c1ccc(Cl)cc1Cl)C(C)C. The van der Waals surface area contributed by atoms with Crippen LogP contribution in [0.25, 0.3) is 0 Å². The third-order valence-corrected chi connectivity index (χ3v) is 3.61. The van der Waals surface area contributed by atoms with Crippen LogP contribution >= 0.6 is 23.2 Å². The van der Waals surface area contributed by atoms with Crippen molar-refractivity contribution in [1.29, 1.82) is 0 Å². The van der Waals surface area contributed by atoms with E-state index in [4.69, 9.17) is 27.9 Å². The summed E-state index contributed by atoms with van der Waals surface area (Å²) in [6.45, 7) is 9.53. The van der Waals surface area contributed by atoms with Gasteiger partial charge in [0.1, 0.15) is 6.61 Å². The Bertz CT molecular complexity index is 453. The van der Waals surface area contributed by atoms with Crippen molar-refractivity contribution >= 4 is 29.2 Å². The first-order valence-electron chi connectivity index (χ1n) is 6.70. The lowest BCUT2D eigenvalue weighted by molar-refractivity contribution is 0.0417. The van der Waals surface area contributed by atoms with Crippen LogP contribution in [0.4, 0.5) is 0 Å². The van der Waals surface area contributed by atoms with Crippen LogP contribution in [0, 0.1) is 0 Å². The standard InChI is InChI=1S/C15H21Cl2NO2/c1-10(2)18(11(3)4)7-8-20-15(19)13-6-5-12(16)9-14(13)17/h5-6,9-11H,7-8H2,1-4H3. The lowest BCUT2D eigenvalue weighted by atomic mass is 10.2. The number of benzene rings is 1. The molecular weight excluding hydrogens is 297 g/mol. The fourth-order valence-corrected chi connectivity index (χ4v) is 2.57. The number of hydrogen-bond acceptors (Lipinski definition) is 3. The van der Waals surface area contributed by atoms with Crippen LogP contribution in [0.2, 0.25) is 10.0 Å². The molecule has 0 aromatic heterocycles. The summed E-state index contributed by atoms with van der Waals surface area (Å²) in [5, 5.41) is 0.810. The number of halogens is 2. The van der Waals surface area contributed by atoms with E-state index in [0.717, 1.165) is 0 Å². The van der Waals surface area contributed by atoms with E-state index in [9.17, 15) is 4.79 Å². The van der Waals surface area contributed by atoms with Gasteiger partial charge in [0.25, 0.3) is 0 Å². The van der Waals surface area contributed by atoms with E-state index in [1.807, 2.05) is 0 Å². The average molecular weight is 318 g/mol. The number of esters is 1. The van der Waals surface area contributed by atoms with Crippen molar-refractivity contribution in [3.63, 3.8) is 0 Å². The van der Waals surface area contributed by atoms with Crippen LogP contribution in [-0.4, -0.2) is 36.1 Å². The Morgan fingerprint density at radius 3 is 2.30 bits per heavy atom. The molecule has 1 rings (SSSR count). The van der Waals surface area contributed by atoms with Gasteiger partial charge < -0.3 is 4.74 Å². The summed E-state index contributed by atoms with van der Waals surface area (Å²) in [6.07, 6.45) is 0. The Morgan fingerprint density at radius 2 is 1.80 bits per heavy atom. The molecule has 0 aliphatic carbocycles. The minimum atomic E-state index is -0.417. The molecule has 0 spiro atoms. The molecule has 0 N–H and O–H groups in total. The number of carbonyl (C=O) groups is 1. The Labute approximate surface area is 130 Å². The van der Waals surface area contributed by atoms with E-state index in [-0.39, 0.29) is 0 Å². The summed E-state index contributed by atoms with van der Waals surface area (Å²) >= 11 is 11.8. The van der Waals surface area contributed by atoms with Gasteiger partial charge in [0, 0.05) is 23.7 Å². The van der Waals surface area contributed by atoms with Crippen molar-refractivity contribution in [3.05, 3.63) is 33.8 Å². The minimum absolute atomic E-state index is 0.312. The van der Waals surface area contributed by atoms with E-state index in [1.54, 1.807) is 12.1 Å². The van der Waals surface area contributed by atoms with Gasteiger partial charge in [0.2, 0.25) is 0 Å². The molecule has 1 aromatic rings. The van der Waals surface area contributed by atoms with Gasteiger partial charge >= 0.3 is 5.97 Å². The van der Waals surface area contributed by atoms with E-state index in [0.29, 0.717) is 40.8 Å². The van der Waals surface area contributed by atoms with E-state index >= 15 is 0 Å². The first kappa shape index (κ1) is 17.3. The van der Waals surface area contributed by atoms with E-state index in [2.05, 4.69) is 32.6 Å². The molecule has 0 saturated carbocycles. The molecule has 0 amide bonds. The Morgan fingerprint density at radius 1 is 1.20 bits per heavy atom. The molecule has 0 radical (unpaired) electrons. The molecule has 0 saturated heterocycles. The van der Waals surface area contributed by atoms with Gasteiger partial charge in [-0.2, -0.15) is 0 Å². The van der Waals surface area contributed by atoms with E-state index in [1.165, 1.54) is 6.07 Å². The molecular formula is C15H21Cl2NO2. The number of rotatable bonds is 6. The molecule has 0 aliphatic heterocycles. The lowest BCUT2D eigenvalue weighted by Crippen LogP contribution is -2.39. The Hall–Kier alpha value is -0.770. The van der Waals surface area contributed by atoms with Crippen molar-refractivity contribution in [2.45, 2.75) is 39.8 Å². The predicted molar refractivity (Wildman–Crippen MR) is 83.7 cm³/mol. The van der Waals surface area contributed by atoms with Crippen molar-refractivity contribution in [3.8, 4) is 0 Å². The zero-order valence-electron chi connectivity index (χ0n) is 12.3. The fraction of sp³-hybridized carbons (Fsp3) is 0.533. The topological polar surface area (TPSA) is 29.5 Å². The number of hydrogen-bond donors (Lipinski definition) is 0. The van der Waals surface area contributed by atoms with Crippen molar-refractivity contribution in [2.75, 3.05) is 13.2 Å². The minimum Gasteiger partial charge on any atom is -0.461 e. The van der Waals surface area contributed by atoms with Crippen LogP contribution in [0.5, 0.6) is 0 Å². The molecule has 20 heavy (non-hydrogen) atoms. The van der Waals surface area contributed by atoms with Gasteiger partial charge in [-0.15, -0.1) is 0 Å². The third-order valence-electron chi connectivity index (χ3n) is 3.06. The lowest BCUT2D eigenvalue weighted by Gasteiger charge is -2.30. The molecule has 1 aromatic carbocycles. The van der Waals surface area contributed by atoms with Gasteiger partial charge in [-0.1, -0.05) is 23.2 Å². The summed E-state index contributed by atoms with van der Waals surface area (Å²) in [4.78, 5) is 14.2. The molecule has 0 unspecified atom stereocenters. The predicted octanol–water partition coefficient (Wildman–Crippen LogP) is 4.27. The van der Waals surface area contributed by atoms with Crippen molar-refractivity contribution in [1.82, 2.24) is 4.90 Å². The molecule has 0 bridgehead atoms. The highest BCUT2D eigenvalue weighted by molar-refractivity contribution is 6.36. The first-order valence-corrected chi connectivity index (χ1v) is 7.46. The highest BCUT2D eigenvalue weighted by Crippen LogP contribution is 2.21. The molecule has 0 fully saturated rings.